The molecule has 1 heterocycles. The molecule has 1 atom stereocenters. The Kier molecular flexibility index (Phi) is 4.82. The predicted octanol–water partition coefficient (Wildman–Crippen LogP) is 0.128. The third-order valence-electron chi connectivity index (χ3n) is 4.32. The molecule has 1 aliphatic carbocycles. The van der Waals surface area contributed by atoms with Gasteiger partial charge in [-0.1, -0.05) is 19.3 Å². The number of carbonyl (C=O) groups is 3. The Labute approximate surface area is 124 Å². The molecule has 1 aliphatic heterocycles. The van der Waals surface area contributed by atoms with Crippen molar-refractivity contribution in [2.24, 2.45) is 0 Å². The number of imide groups is 1. The topological polar surface area (TPSA) is 98.7 Å². The number of nitrogens with one attached hydrogen (secondary N) is 2. The van der Waals surface area contributed by atoms with Crippen LogP contribution >= 0.6 is 0 Å². The first kappa shape index (κ1) is 15.8. The lowest BCUT2D eigenvalue weighted by atomic mass is 9.85. The first-order valence-electron chi connectivity index (χ1n) is 7.48. The number of hydrogen-bond acceptors (Lipinski definition) is 4. The predicted molar refractivity (Wildman–Crippen MR) is 75.4 cm³/mol. The molecule has 0 bridgehead atoms. The van der Waals surface area contributed by atoms with Gasteiger partial charge in [0.05, 0.1) is 5.60 Å². The number of hydrogen-bond donors (Lipinski definition) is 3. The highest BCUT2D eigenvalue weighted by atomic mass is 16.3. The molecule has 118 valence electrons. The van der Waals surface area contributed by atoms with Gasteiger partial charge in [0, 0.05) is 20.0 Å². The number of carbonyl (C=O) groups excluding carboxylic acids is 3. The van der Waals surface area contributed by atoms with E-state index >= 15 is 0 Å². The Bertz CT molecular complexity index is 432. The van der Waals surface area contributed by atoms with Crippen molar-refractivity contribution in [2.75, 3.05) is 13.6 Å². The molecule has 2 fully saturated rings. The zero-order valence-corrected chi connectivity index (χ0v) is 12.4. The van der Waals surface area contributed by atoms with E-state index < -0.39 is 23.6 Å². The zero-order valence-electron chi connectivity index (χ0n) is 12.4. The summed E-state index contributed by atoms with van der Waals surface area (Å²) < 4.78 is 0. The monoisotopic (exact) mass is 297 g/mol. The van der Waals surface area contributed by atoms with Gasteiger partial charge in [-0.15, -0.1) is 0 Å². The summed E-state index contributed by atoms with van der Waals surface area (Å²) in [4.78, 5) is 36.1. The fraction of sp³-hybridized carbons (Fsp3) is 0.786. The highest BCUT2D eigenvalue weighted by Gasteiger charge is 2.34. The number of rotatable bonds is 3. The maximum atomic E-state index is 11.9. The van der Waals surface area contributed by atoms with Crippen molar-refractivity contribution in [3.63, 3.8) is 0 Å². The van der Waals surface area contributed by atoms with Gasteiger partial charge in [-0.3, -0.25) is 14.5 Å². The highest BCUT2D eigenvalue weighted by Crippen LogP contribution is 2.27. The van der Waals surface area contributed by atoms with E-state index in [2.05, 4.69) is 10.6 Å². The standard InChI is InChI=1S/C14H23N3O4/c1-17-11(18)6-5-10(12(17)19)16-13(20)15-9-14(21)7-3-2-4-8-14/h10,21H,2-9H2,1H3,(H2,15,16,20). The van der Waals surface area contributed by atoms with E-state index in [4.69, 9.17) is 0 Å². The molecule has 4 amide bonds. The van der Waals surface area contributed by atoms with Crippen LogP contribution in [0.3, 0.4) is 0 Å². The number of likely N-dealkylation sites (N-methyl/N-ethyl adjacent to an activating group) is 1. The Hall–Kier alpha value is -1.63. The molecular weight excluding hydrogens is 274 g/mol. The normalized spacial score (nSPS) is 25.6. The summed E-state index contributed by atoms with van der Waals surface area (Å²) in [6.07, 6.45) is 4.99. The second-order valence-electron chi connectivity index (χ2n) is 5.99. The minimum Gasteiger partial charge on any atom is -0.388 e. The number of amides is 4. The summed E-state index contributed by atoms with van der Waals surface area (Å²) in [6, 6.07) is -1.15. The smallest absolute Gasteiger partial charge is 0.315 e. The number of urea groups is 1. The van der Waals surface area contributed by atoms with E-state index in [1.54, 1.807) is 0 Å². The first-order valence-corrected chi connectivity index (χ1v) is 7.48. The van der Waals surface area contributed by atoms with Crippen LogP contribution in [-0.4, -0.2) is 53.1 Å². The molecule has 2 aliphatic rings. The van der Waals surface area contributed by atoms with Gasteiger partial charge in [0.1, 0.15) is 6.04 Å². The summed E-state index contributed by atoms with van der Waals surface area (Å²) in [5.74, 6) is -0.618. The van der Waals surface area contributed by atoms with Crippen LogP contribution in [0, 0.1) is 0 Å². The second-order valence-corrected chi connectivity index (χ2v) is 5.99. The largest absolute Gasteiger partial charge is 0.388 e. The Morgan fingerprint density at radius 1 is 1.33 bits per heavy atom. The van der Waals surface area contributed by atoms with Crippen molar-refractivity contribution in [1.29, 1.82) is 0 Å². The van der Waals surface area contributed by atoms with Crippen LogP contribution < -0.4 is 10.6 Å². The molecule has 7 nitrogen and oxygen atoms in total. The third-order valence-corrected chi connectivity index (χ3v) is 4.32. The Morgan fingerprint density at radius 3 is 2.67 bits per heavy atom. The molecule has 1 saturated carbocycles. The first-order chi connectivity index (χ1) is 9.91. The molecule has 7 heteroatoms. The minimum absolute atomic E-state index is 0.189. The van der Waals surface area contributed by atoms with Gasteiger partial charge in [-0.25, -0.2) is 4.79 Å². The summed E-state index contributed by atoms with van der Waals surface area (Å²) in [6.45, 7) is 0.189. The zero-order chi connectivity index (χ0) is 15.5. The SMILES string of the molecule is CN1C(=O)CCC(NC(=O)NCC2(O)CCCCC2)C1=O. The van der Waals surface area contributed by atoms with Crippen molar-refractivity contribution in [3.05, 3.63) is 0 Å². The van der Waals surface area contributed by atoms with E-state index in [0.29, 0.717) is 19.3 Å². The number of piperidine rings is 1. The van der Waals surface area contributed by atoms with Crippen LogP contribution in [0.1, 0.15) is 44.9 Å². The van der Waals surface area contributed by atoms with Crippen LogP contribution in [0.2, 0.25) is 0 Å². The highest BCUT2D eigenvalue weighted by molar-refractivity contribution is 6.01. The van der Waals surface area contributed by atoms with Crippen molar-refractivity contribution in [1.82, 2.24) is 15.5 Å². The van der Waals surface area contributed by atoms with E-state index in [-0.39, 0.29) is 18.9 Å². The average Bonchev–Trinajstić information content (AvgIpc) is 2.47. The molecule has 0 aromatic heterocycles. The van der Waals surface area contributed by atoms with Gasteiger partial charge < -0.3 is 15.7 Å². The van der Waals surface area contributed by atoms with E-state index in [1.165, 1.54) is 7.05 Å². The second kappa shape index (κ2) is 6.43. The van der Waals surface area contributed by atoms with Crippen LogP contribution in [0.5, 0.6) is 0 Å². The van der Waals surface area contributed by atoms with Gasteiger partial charge in [-0.05, 0) is 19.3 Å². The molecule has 2 rings (SSSR count). The maximum absolute atomic E-state index is 11.9. The van der Waals surface area contributed by atoms with Crippen molar-refractivity contribution in [3.8, 4) is 0 Å². The molecule has 0 spiro atoms. The summed E-state index contributed by atoms with van der Waals surface area (Å²) >= 11 is 0. The van der Waals surface area contributed by atoms with E-state index in [0.717, 1.165) is 24.2 Å². The van der Waals surface area contributed by atoms with Gasteiger partial charge in [0.2, 0.25) is 5.91 Å². The number of aliphatic hydroxyl groups is 1. The molecule has 1 saturated heterocycles. The lowest BCUT2D eigenvalue weighted by molar-refractivity contribution is -0.147. The summed E-state index contributed by atoms with van der Waals surface area (Å²) in [5.41, 5.74) is -0.834. The van der Waals surface area contributed by atoms with Crippen molar-refractivity contribution >= 4 is 17.8 Å². The molecule has 21 heavy (non-hydrogen) atoms. The summed E-state index contributed by atoms with van der Waals surface area (Å²) in [7, 11) is 1.42. The molecule has 1 unspecified atom stereocenters. The van der Waals surface area contributed by atoms with Crippen LogP contribution in [-0.2, 0) is 9.59 Å². The molecular formula is C14H23N3O4. The van der Waals surface area contributed by atoms with Crippen molar-refractivity contribution < 1.29 is 19.5 Å². The lowest BCUT2D eigenvalue weighted by Gasteiger charge is -2.33. The quantitative estimate of drug-likeness (QED) is 0.645. The fourth-order valence-electron chi connectivity index (χ4n) is 2.89. The van der Waals surface area contributed by atoms with Crippen LogP contribution in [0.25, 0.3) is 0 Å². The lowest BCUT2D eigenvalue weighted by Crippen LogP contribution is -2.56. The van der Waals surface area contributed by atoms with Gasteiger partial charge >= 0.3 is 6.03 Å². The molecule has 0 aromatic carbocycles. The fourth-order valence-corrected chi connectivity index (χ4v) is 2.89. The minimum atomic E-state index is -0.834. The summed E-state index contributed by atoms with van der Waals surface area (Å²) in [5, 5.41) is 15.5. The van der Waals surface area contributed by atoms with E-state index in [9.17, 15) is 19.5 Å². The van der Waals surface area contributed by atoms with Gasteiger partial charge in [0.15, 0.2) is 0 Å². The van der Waals surface area contributed by atoms with Crippen LogP contribution in [0.15, 0.2) is 0 Å². The third kappa shape index (κ3) is 3.93. The van der Waals surface area contributed by atoms with Crippen molar-refractivity contribution in [2.45, 2.75) is 56.6 Å². The Balaban J connectivity index is 1.79. The number of nitrogens with zero attached hydrogens (tertiary/aromatic N) is 1. The number of likely N-dealkylation sites (tertiary alicyclic amines) is 1. The van der Waals surface area contributed by atoms with Gasteiger partial charge in [-0.2, -0.15) is 0 Å². The molecule has 0 aromatic rings. The van der Waals surface area contributed by atoms with E-state index in [1.807, 2.05) is 0 Å². The average molecular weight is 297 g/mol. The Morgan fingerprint density at radius 2 is 2.00 bits per heavy atom. The maximum Gasteiger partial charge on any atom is 0.315 e. The molecule has 3 N–H and O–H groups in total. The molecule has 0 radical (unpaired) electrons. The van der Waals surface area contributed by atoms with Crippen LogP contribution in [0.4, 0.5) is 4.79 Å². The van der Waals surface area contributed by atoms with Gasteiger partial charge in [0.25, 0.3) is 5.91 Å².